The maximum absolute atomic E-state index is 14.0. The summed E-state index contributed by atoms with van der Waals surface area (Å²) in [6.45, 7) is -0.0625. The zero-order valence-corrected chi connectivity index (χ0v) is 17.9. The summed E-state index contributed by atoms with van der Waals surface area (Å²) < 4.78 is 26.1. The minimum absolute atomic E-state index is 0.0625. The summed E-state index contributed by atoms with van der Waals surface area (Å²) in [4.78, 5) is 21.9. The molecule has 5 aromatic rings. The molecule has 3 heterocycles. The number of methoxy groups -OCH3 is 1. The standard InChI is InChI=1S/C25H16FN5O3/c1-33-18-7-8-21-19(11-18)23(15-4-2-6-17(26)10-15)20(12-27)25(32)31(21)14-22-29-24(30-34-22)16-5-3-9-28-13-16/h2-11,13H,14H2,1H3. The summed E-state index contributed by atoms with van der Waals surface area (Å²) in [6, 6.07) is 16.4. The van der Waals surface area contributed by atoms with Gasteiger partial charge in [0.15, 0.2) is 0 Å². The third kappa shape index (κ3) is 3.67. The van der Waals surface area contributed by atoms with Crippen LogP contribution in [0.25, 0.3) is 33.4 Å². The fraction of sp³-hybridized carbons (Fsp3) is 0.0800. The normalized spacial score (nSPS) is 10.9. The molecule has 0 N–H and O–H groups in total. The van der Waals surface area contributed by atoms with E-state index in [4.69, 9.17) is 9.26 Å². The summed E-state index contributed by atoms with van der Waals surface area (Å²) in [5.41, 5.74) is 1.23. The maximum Gasteiger partial charge on any atom is 0.270 e. The number of pyridine rings is 2. The molecule has 0 unspecified atom stereocenters. The summed E-state index contributed by atoms with van der Waals surface area (Å²) in [5, 5.41) is 14.4. The first-order valence-corrected chi connectivity index (χ1v) is 10.2. The molecular formula is C25H16FN5O3. The van der Waals surface area contributed by atoms with Crippen LogP contribution in [0.3, 0.4) is 0 Å². The van der Waals surface area contributed by atoms with Gasteiger partial charge in [0.1, 0.15) is 29.7 Å². The lowest BCUT2D eigenvalue weighted by Crippen LogP contribution is -2.25. The van der Waals surface area contributed by atoms with E-state index in [0.717, 1.165) is 0 Å². The quantitative estimate of drug-likeness (QED) is 0.393. The number of nitriles is 1. The average molecular weight is 453 g/mol. The molecule has 0 saturated heterocycles. The van der Waals surface area contributed by atoms with Crippen molar-refractivity contribution in [3.8, 4) is 34.3 Å². The molecule has 0 aliphatic carbocycles. The predicted molar refractivity (Wildman–Crippen MR) is 122 cm³/mol. The van der Waals surface area contributed by atoms with Crippen LogP contribution in [0, 0.1) is 17.1 Å². The van der Waals surface area contributed by atoms with Gasteiger partial charge in [-0.2, -0.15) is 10.2 Å². The molecule has 0 bridgehead atoms. The second-order valence-corrected chi connectivity index (χ2v) is 7.40. The van der Waals surface area contributed by atoms with Crippen LogP contribution in [0.15, 0.2) is 76.3 Å². The van der Waals surface area contributed by atoms with Gasteiger partial charge in [-0.05, 0) is 48.0 Å². The molecule has 0 amide bonds. The number of halogens is 1. The van der Waals surface area contributed by atoms with Crippen molar-refractivity contribution in [2.45, 2.75) is 6.54 Å². The van der Waals surface area contributed by atoms with Crippen LogP contribution in [-0.4, -0.2) is 26.8 Å². The molecule has 0 spiro atoms. The van der Waals surface area contributed by atoms with E-state index >= 15 is 0 Å². The van der Waals surface area contributed by atoms with Crippen molar-refractivity contribution in [1.29, 1.82) is 5.26 Å². The van der Waals surface area contributed by atoms with Gasteiger partial charge < -0.3 is 9.26 Å². The smallest absolute Gasteiger partial charge is 0.270 e. The topological polar surface area (TPSA) is 107 Å². The molecule has 8 nitrogen and oxygen atoms in total. The molecule has 0 aliphatic heterocycles. The fourth-order valence-electron chi connectivity index (χ4n) is 3.83. The van der Waals surface area contributed by atoms with E-state index in [-0.39, 0.29) is 18.0 Å². The third-order valence-corrected chi connectivity index (χ3v) is 5.38. The van der Waals surface area contributed by atoms with Gasteiger partial charge in [0.25, 0.3) is 5.56 Å². The molecular weight excluding hydrogens is 437 g/mol. The molecule has 34 heavy (non-hydrogen) atoms. The van der Waals surface area contributed by atoms with E-state index in [1.807, 2.05) is 6.07 Å². The number of hydrogen-bond acceptors (Lipinski definition) is 7. The molecule has 0 fully saturated rings. The zero-order chi connectivity index (χ0) is 23.7. The molecule has 2 aromatic carbocycles. The summed E-state index contributed by atoms with van der Waals surface area (Å²) in [7, 11) is 1.52. The minimum atomic E-state index is -0.555. The number of hydrogen-bond donors (Lipinski definition) is 0. The highest BCUT2D eigenvalue weighted by atomic mass is 19.1. The molecule has 5 rings (SSSR count). The Labute approximate surface area is 192 Å². The lowest BCUT2D eigenvalue weighted by molar-refractivity contribution is 0.371. The predicted octanol–water partition coefficient (Wildman–Crippen LogP) is 4.18. The Hall–Kier alpha value is -4.84. The Morgan fingerprint density at radius 3 is 2.74 bits per heavy atom. The van der Waals surface area contributed by atoms with Crippen LogP contribution in [-0.2, 0) is 6.54 Å². The first-order valence-electron chi connectivity index (χ1n) is 10.2. The van der Waals surface area contributed by atoms with Crippen molar-refractivity contribution in [2.75, 3.05) is 7.11 Å². The first-order chi connectivity index (χ1) is 16.6. The van der Waals surface area contributed by atoms with Gasteiger partial charge in [-0.3, -0.25) is 14.3 Å². The zero-order valence-electron chi connectivity index (χ0n) is 17.9. The van der Waals surface area contributed by atoms with E-state index in [1.54, 1.807) is 48.8 Å². The van der Waals surface area contributed by atoms with Crippen molar-refractivity contribution in [3.05, 3.63) is 94.6 Å². The third-order valence-electron chi connectivity index (χ3n) is 5.38. The maximum atomic E-state index is 14.0. The van der Waals surface area contributed by atoms with Gasteiger partial charge in [-0.25, -0.2) is 4.39 Å². The number of benzene rings is 2. The number of ether oxygens (including phenoxy) is 1. The number of nitrogens with zero attached hydrogens (tertiary/aromatic N) is 5. The van der Waals surface area contributed by atoms with Crippen molar-refractivity contribution in [1.82, 2.24) is 19.7 Å². The van der Waals surface area contributed by atoms with Gasteiger partial charge in [0, 0.05) is 28.9 Å². The Bertz CT molecular complexity index is 1620. The summed E-state index contributed by atoms with van der Waals surface area (Å²) >= 11 is 0. The fourth-order valence-corrected chi connectivity index (χ4v) is 3.83. The van der Waals surface area contributed by atoms with Crippen molar-refractivity contribution in [2.24, 2.45) is 0 Å². The molecule has 166 valence electrons. The monoisotopic (exact) mass is 453 g/mol. The summed E-state index contributed by atoms with van der Waals surface area (Å²) in [6.07, 6.45) is 3.23. The van der Waals surface area contributed by atoms with Crippen LogP contribution < -0.4 is 10.3 Å². The highest BCUT2D eigenvalue weighted by molar-refractivity contribution is 5.98. The Morgan fingerprint density at radius 2 is 2.00 bits per heavy atom. The Morgan fingerprint density at radius 1 is 1.15 bits per heavy atom. The SMILES string of the molecule is COc1ccc2c(c1)c(-c1cccc(F)c1)c(C#N)c(=O)n2Cc1nc(-c2cccnc2)no1. The van der Waals surface area contributed by atoms with Gasteiger partial charge in [-0.1, -0.05) is 17.3 Å². The second-order valence-electron chi connectivity index (χ2n) is 7.40. The molecule has 0 radical (unpaired) electrons. The molecule has 9 heteroatoms. The van der Waals surface area contributed by atoms with E-state index in [0.29, 0.717) is 39.2 Å². The molecule has 3 aromatic heterocycles. The highest BCUT2D eigenvalue weighted by Gasteiger charge is 2.21. The van der Waals surface area contributed by atoms with Gasteiger partial charge in [0.2, 0.25) is 11.7 Å². The average Bonchev–Trinajstić information content (AvgIpc) is 3.34. The lowest BCUT2D eigenvalue weighted by atomic mass is 9.96. The largest absolute Gasteiger partial charge is 0.497 e. The van der Waals surface area contributed by atoms with E-state index < -0.39 is 11.4 Å². The van der Waals surface area contributed by atoms with E-state index in [9.17, 15) is 14.4 Å². The van der Waals surface area contributed by atoms with Crippen molar-refractivity contribution < 1.29 is 13.7 Å². The summed E-state index contributed by atoms with van der Waals surface area (Å²) in [5.74, 6) is 0.561. The molecule has 0 aliphatic rings. The van der Waals surface area contributed by atoms with Gasteiger partial charge >= 0.3 is 0 Å². The number of fused-ring (bicyclic) bond motifs is 1. The highest BCUT2D eigenvalue weighted by Crippen LogP contribution is 2.33. The lowest BCUT2D eigenvalue weighted by Gasteiger charge is -2.15. The minimum Gasteiger partial charge on any atom is -0.497 e. The molecule has 0 atom stereocenters. The van der Waals surface area contributed by atoms with Gasteiger partial charge in [-0.15, -0.1) is 0 Å². The van der Waals surface area contributed by atoms with E-state index in [1.165, 1.54) is 29.9 Å². The van der Waals surface area contributed by atoms with Crippen LogP contribution >= 0.6 is 0 Å². The van der Waals surface area contributed by atoms with Crippen molar-refractivity contribution in [3.63, 3.8) is 0 Å². The Balaban J connectivity index is 1.72. The molecule has 0 saturated carbocycles. The number of rotatable bonds is 5. The van der Waals surface area contributed by atoms with Crippen LogP contribution in [0.5, 0.6) is 5.75 Å². The Kier molecular flexibility index (Phi) is 5.32. The van der Waals surface area contributed by atoms with Crippen molar-refractivity contribution >= 4 is 10.9 Å². The van der Waals surface area contributed by atoms with E-state index in [2.05, 4.69) is 15.1 Å². The van der Waals surface area contributed by atoms with Crippen LogP contribution in [0.2, 0.25) is 0 Å². The first kappa shape index (κ1) is 21.0. The van der Waals surface area contributed by atoms with Crippen LogP contribution in [0.4, 0.5) is 4.39 Å². The second kappa shape index (κ2) is 8.60. The van der Waals surface area contributed by atoms with Crippen LogP contribution in [0.1, 0.15) is 11.5 Å². The number of aromatic nitrogens is 4. The van der Waals surface area contributed by atoms with Gasteiger partial charge in [0.05, 0.1) is 12.6 Å².